The number of anilines is 2. The van der Waals surface area contributed by atoms with Crippen molar-refractivity contribution in [3.05, 3.63) is 175 Å². The van der Waals surface area contributed by atoms with Gasteiger partial charge in [-0.15, -0.1) is 0 Å². The van der Waals surface area contributed by atoms with E-state index < -0.39 is 65.5 Å². The molecule has 0 bridgehead atoms. The summed E-state index contributed by atoms with van der Waals surface area (Å²) in [6.07, 6.45) is 4.39. The molecule has 0 saturated heterocycles. The molecule has 2 aliphatic rings. The van der Waals surface area contributed by atoms with E-state index in [1.54, 1.807) is 0 Å². The lowest BCUT2D eigenvalue weighted by molar-refractivity contribution is -0.121. The van der Waals surface area contributed by atoms with Crippen LogP contribution in [0.15, 0.2) is 172 Å². The molecular formula is C42H22N4O12S2. The van der Waals surface area contributed by atoms with Gasteiger partial charge in [-0.3, -0.25) is 38.4 Å². The van der Waals surface area contributed by atoms with Crippen LogP contribution >= 0.6 is 0 Å². The van der Waals surface area contributed by atoms with Crippen molar-refractivity contribution in [3.8, 4) is 11.4 Å². The Kier molecular flexibility index (Phi) is 8.33. The molecule has 2 aliphatic heterocycles. The molecule has 0 radical (unpaired) electrons. The molecule has 2 aromatic heterocycles. The smallest absolute Gasteiger partial charge is 0.266 e. The van der Waals surface area contributed by atoms with Crippen LogP contribution in [-0.4, -0.2) is 49.6 Å². The highest BCUT2D eigenvalue weighted by Crippen LogP contribution is 2.28. The fourth-order valence-electron chi connectivity index (χ4n) is 7.12. The number of amides is 4. The number of rotatable bonds is 8. The zero-order chi connectivity index (χ0) is 42.4. The summed E-state index contributed by atoms with van der Waals surface area (Å²) in [7, 11) is -8.26. The van der Waals surface area contributed by atoms with E-state index in [-0.39, 0.29) is 63.9 Å². The standard InChI is InChI=1S/C42H22N4O12S2/c47-35-17-18-36(48)43(35)23-1-9-27(10-2-23)59(55,56)29-13-5-25(6-14-29)45-39(51)31-21-33-34(22-32(31)40(45)52)42(54)46(41(33)53)26-7-15-30(16-8-26)60(57,58)28-11-3-24(4-12-28)44-37(49)19-20-38(44)50/h1-22H. The van der Waals surface area contributed by atoms with E-state index in [0.29, 0.717) is 0 Å². The van der Waals surface area contributed by atoms with Gasteiger partial charge in [0.05, 0.1) is 63.9 Å². The predicted molar refractivity (Wildman–Crippen MR) is 215 cm³/mol. The van der Waals surface area contributed by atoms with Crippen LogP contribution in [0.4, 0.5) is 11.4 Å². The van der Waals surface area contributed by atoms with E-state index in [1.165, 1.54) is 97.1 Å². The Balaban J connectivity index is 0.993. The van der Waals surface area contributed by atoms with Gasteiger partial charge in [-0.1, -0.05) is 0 Å². The molecule has 294 valence electrons. The minimum Gasteiger partial charge on any atom is -0.269 e. The van der Waals surface area contributed by atoms with Gasteiger partial charge < -0.3 is 0 Å². The van der Waals surface area contributed by atoms with Crippen molar-refractivity contribution in [1.29, 1.82) is 0 Å². The number of hydrogen-bond acceptors (Lipinski definition) is 12. The van der Waals surface area contributed by atoms with E-state index in [4.69, 9.17) is 0 Å². The fraction of sp³-hybridized carbons (Fsp3) is 0. The largest absolute Gasteiger partial charge is 0.269 e. The Morgan fingerprint density at radius 3 is 0.750 bits per heavy atom. The van der Waals surface area contributed by atoms with Gasteiger partial charge in [-0.05, 0) is 109 Å². The first-order valence-corrected chi connectivity index (χ1v) is 20.5. The Morgan fingerprint density at radius 2 is 0.517 bits per heavy atom. The van der Waals surface area contributed by atoms with Gasteiger partial charge in [0.15, 0.2) is 0 Å². The van der Waals surface area contributed by atoms with Gasteiger partial charge in [0, 0.05) is 24.3 Å². The number of benzene rings is 5. The summed E-state index contributed by atoms with van der Waals surface area (Å²) >= 11 is 0. The molecule has 60 heavy (non-hydrogen) atoms. The van der Waals surface area contributed by atoms with Crippen molar-refractivity contribution in [2.45, 2.75) is 19.6 Å². The van der Waals surface area contributed by atoms with Gasteiger partial charge in [0.2, 0.25) is 19.7 Å². The minimum atomic E-state index is -4.13. The molecular weight excluding hydrogens is 817 g/mol. The first-order chi connectivity index (χ1) is 28.6. The summed E-state index contributed by atoms with van der Waals surface area (Å²) < 4.78 is 55.2. The Hall–Kier alpha value is -7.96. The lowest BCUT2D eigenvalue weighted by atomic mass is 10.1. The van der Waals surface area contributed by atoms with Crippen LogP contribution in [0, 0.1) is 0 Å². The van der Waals surface area contributed by atoms with E-state index >= 15 is 0 Å². The maximum Gasteiger partial charge on any atom is 0.266 e. The van der Waals surface area contributed by atoms with Gasteiger partial charge in [-0.25, -0.2) is 35.8 Å². The SMILES string of the molecule is O=C1C=CC(=O)N1c1ccc(S(=O)(=O)c2ccc(-n3c(=O)c4cc5c(=O)n(-c6ccc(S(=O)(=O)c7ccc(N8C(=O)C=CC8=O)cc7)cc6)c(=O)c5cc4c3=O)cc2)cc1. The van der Waals surface area contributed by atoms with Crippen LogP contribution in [0.3, 0.4) is 0 Å². The number of hydrogen-bond donors (Lipinski definition) is 0. The van der Waals surface area contributed by atoms with Crippen LogP contribution in [0.1, 0.15) is 0 Å². The number of aromatic nitrogens is 2. The van der Waals surface area contributed by atoms with E-state index in [2.05, 4.69) is 0 Å². The molecule has 0 unspecified atom stereocenters. The minimum absolute atomic E-state index is 0.00794. The molecule has 4 amide bonds. The number of fused-ring (bicyclic) bond motifs is 2. The van der Waals surface area contributed by atoms with Crippen LogP contribution < -0.4 is 32.0 Å². The maximum absolute atomic E-state index is 13.6. The molecule has 5 aromatic carbocycles. The average Bonchev–Trinajstić information content (AvgIpc) is 3.92. The highest BCUT2D eigenvalue weighted by atomic mass is 32.2. The normalized spacial score (nSPS) is 14.5. The second-order valence-electron chi connectivity index (χ2n) is 13.5. The third-order valence-electron chi connectivity index (χ3n) is 10.1. The average molecular weight is 839 g/mol. The topological polar surface area (TPSA) is 221 Å². The van der Waals surface area contributed by atoms with Crippen LogP contribution in [0.2, 0.25) is 0 Å². The summed E-state index contributed by atoms with van der Waals surface area (Å²) in [4.78, 5) is 104. The lowest BCUT2D eigenvalue weighted by Gasteiger charge is -2.14. The second kappa shape index (κ2) is 13.3. The monoisotopic (exact) mass is 838 g/mol. The Morgan fingerprint density at radius 1 is 0.300 bits per heavy atom. The van der Waals surface area contributed by atoms with Crippen LogP contribution in [0.25, 0.3) is 32.9 Å². The first-order valence-electron chi connectivity index (χ1n) is 17.6. The first kappa shape index (κ1) is 37.6. The van der Waals surface area contributed by atoms with E-state index in [1.807, 2.05) is 0 Å². The molecule has 16 nitrogen and oxygen atoms in total. The summed E-state index contributed by atoms with van der Waals surface area (Å²) in [6, 6.07) is 22.2. The molecule has 7 aromatic rings. The molecule has 0 N–H and O–H groups in total. The molecule has 18 heteroatoms. The van der Waals surface area contributed by atoms with E-state index in [9.17, 15) is 55.2 Å². The fourth-order valence-corrected chi connectivity index (χ4v) is 9.64. The van der Waals surface area contributed by atoms with Gasteiger partial charge in [0.1, 0.15) is 0 Å². The van der Waals surface area contributed by atoms with Crippen molar-refractivity contribution in [1.82, 2.24) is 9.13 Å². The molecule has 0 spiro atoms. The summed E-state index contributed by atoms with van der Waals surface area (Å²) in [5.41, 5.74) is -2.96. The molecule has 9 rings (SSSR count). The predicted octanol–water partition coefficient (Wildman–Crippen LogP) is 2.42. The summed E-state index contributed by atoms with van der Waals surface area (Å²) in [5, 5.41) is -0.700. The van der Waals surface area contributed by atoms with Crippen LogP contribution in [-0.2, 0) is 38.9 Å². The lowest BCUT2D eigenvalue weighted by Crippen LogP contribution is -2.29. The van der Waals surface area contributed by atoms with Crippen LogP contribution in [0.5, 0.6) is 0 Å². The number of sulfone groups is 2. The van der Waals surface area contributed by atoms with E-state index in [0.717, 1.165) is 55.4 Å². The molecule has 0 saturated carbocycles. The summed E-state index contributed by atoms with van der Waals surface area (Å²) in [5.74, 6) is -2.27. The van der Waals surface area contributed by atoms with Crippen molar-refractivity contribution in [2.24, 2.45) is 0 Å². The van der Waals surface area contributed by atoms with Crippen molar-refractivity contribution < 1.29 is 36.0 Å². The Labute approximate surface area is 335 Å². The molecule has 0 atom stereocenters. The highest BCUT2D eigenvalue weighted by Gasteiger charge is 2.28. The third-order valence-corrected chi connectivity index (χ3v) is 13.7. The molecule has 0 fully saturated rings. The zero-order valence-corrected chi connectivity index (χ0v) is 31.8. The molecule has 0 aliphatic carbocycles. The second-order valence-corrected chi connectivity index (χ2v) is 17.4. The summed E-state index contributed by atoms with van der Waals surface area (Å²) in [6.45, 7) is 0. The number of nitrogens with zero attached hydrogens (tertiary/aromatic N) is 4. The number of carbonyl (C=O) groups is 4. The van der Waals surface area contributed by atoms with Gasteiger partial charge in [0.25, 0.3) is 45.9 Å². The molecule has 4 heterocycles. The zero-order valence-electron chi connectivity index (χ0n) is 30.2. The Bertz CT molecular complexity index is 3250. The maximum atomic E-state index is 13.6. The number of imide groups is 2. The third kappa shape index (κ3) is 5.64. The van der Waals surface area contributed by atoms with Gasteiger partial charge in [-0.2, -0.15) is 0 Å². The van der Waals surface area contributed by atoms with Crippen molar-refractivity contribution >= 4 is 76.2 Å². The number of carbonyl (C=O) groups excluding carboxylic acids is 4. The van der Waals surface area contributed by atoms with Crippen molar-refractivity contribution in [2.75, 3.05) is 9.80 Å². The quantitative estimate of drug-likeness (QED) is 0.202. The van der Waals surface area contributed by atoms with Gasteiger partial charge >= 0.3 is 0 Å². The van der Waals surface area contributed by atoms with Crippen molar-refractivity contribution in [3.63, 3.8) is 0 Å². The highest BCUT2D eigenvalue weighted by molar-refractivity contribution is 7.91.